The lowest BCUT2D eigenvalue weighted by atomic mass is 10.1. The molecule has 6 nitrogen and oxygen atoms in total. The van der Waals surface area contributed by atoms with Gasteiger partial charge in [-0.25, -0.2) is 8.42 Å². The van der Waals surface area contributed by atoms with Gasteiger partial charge in [-0.2, -0.15) is 4.31 Å². The lowest BCUT2D eigenvalue weighted by molar-refractivity contribution is 0.102. The highest BCUT2D eigenvalue weighted by atomic mass is 79.9. The van der Waals surface area contributed by atoms with E-state index in [1.807, 2.05) is 48.5 Å². The van der Waals surface area contributed by atoms with Crippen molar-refractivity contribution in [3.8, 4) is 0 Å². The number of carbonyl (C=O) groups excluding carboxylic acids is 1. The maximum atomic E-state index is 12.4. The fourth-order valence-corrected chi connectivity index (χ4v) is 4.23. The summed E-state index contributed by atoms with van der Waals surface area (Å²) in [5.41, 5.74) is 2.43. The molecule has 0 aliphatic carbocycles. The van der Waals surface area contributed by atoms with Gasteiger partial charge < -0.3 is 5.32 Å². The molecule has 0 spiro atoms. The second-order valence-electron chi connectivity index (χ2n) is 6.60. The average molecular weight is 452 g/mol. The van der Waals surface area contributed by atoms with E-state index in [-0.39, 0.29) is 5.91 Å². The zero-order valence-corrected chi connectivity index (χ0v) is 17.5. The molecule has 0 radical (unpaired) electrons. The molecule has 8 heteroatoms. The lowest BCUT2D eigenvalue weighted by Gasteiger charge is -2.33. The predicted octanol–water partition coefficient (Wildman–Crippen LogP) is 2.78. The zero-order valence-electron chi connectivity index (χ0n) is 15.1. The molecule has 144 valence electrons. The first-order valence-corrected chi connectivity index (χ1v) is 11.3. The molecule has 1 fully saturated rings. The van der Waals surface area contributed by atoms with Gasteiger partial charge in [0.25, 0.3) is 5.91 Å². The third-order valence-electron chi connectivity index (χ3n) is 4.51. The molecular formula is C19H22BrN3O3S. The van der Waals surface area contributed by atoms with Crippen molar-refractivity contribution in [3.63, 3.8) is 0 Å². The van der Waals surface area contributed by atoms with Gasteiger partial charge in [-0.3, -0.25) is 9.69 Å². The van der Waals surface area contributed by atoms with Gasteiger partial charge in [0.2, 0.25) is 10.0 Å². The quantitative estimate of drug-likeness (QED) is 0.758. The Labute approximate surface area is 168 Å². The molecule has 0 saturated carbocycles. The van der Waals surface area contributed by atoms with Crippen LogP contribution in [0.25, 0.3) is 0 Å². The van der Waals surface area contributed by atoms with Crippen LogP contribution in [0.15, 0.2) is 53.0 Å². The Kier molecular flexibility index (Phi) is 6.31. The highest BCUT2D eigenvalue weighted by Crippen LogP contribution is 2.17. The number of halogens is 1. The molecule has 0 aromatic heterocycles. The van der Waals surface area contributed by atoms with Gasteiger partial charge in [-0.15, -0.1) is 0 Å². The maximum Gasteiger partial charge on any atom is 0.255 e. The monoisotopic (exact) mass is 451 g/mol. The molecule has 0 atom stereocenters. The standard InChI is InChI=1S/C19H22BrN3O3S/c1-27(25,26)23-11-9-22(10-12-23)14-15-5-7-16(8-6-15)19(24)21-18-4-2-3-17(20)13-18/h2-8,13H,9-12,14H2,1H3,(H,21,24). The van der Waals surface area contributed by atoms with Crippen LogP contribution in [-0.4, -0.2) is 56.0 Å². The molecule has 0 unspecified atom stereocenters. The van der Waals surface area contributed by atoms with Crippen LogP contribution < -0.4 is 5.32 Å². The van der Waals surface area contributed by atoms with Crippen molar-refractivity contribution in [2.24, 2.45) is 0 Å². The number of hydrogen-bond donors (Lipinski definition) is 1. The molecule has 2 aromatic rings. The van der Waals surface area contributed by atoms with E-state index in [0.29, 0.717) is 31.7 Å². The van der Waals surface area contributed by atoms with Gasteiger partial charge in [0, 0.05) is 48.4 Å². The molecule has 27 heavy (non-hydrogen) atoms. The number of benzene rings is 2. The largest absolute Gasteiger partial charge is 0.322 e. The van der Waals surface area contributed by atoms with E-state index in [1.54, 1.807) is 0 Å². The third-order valence-corrected chi connectivity index (χ3v) is 6.30. The summed E-state index contributed by atoms with van der Waals surface area (Å²) in [7, 11) is -3.11. The molecule has 1 saturated heterocycles. The van der Waals surface area contributed by atoms with Gasteiger partial charge in [0.15, 0.2) is 0 Å². The molecule has 1 N–H and O–H groups in total. The molecule has 3 rings (SSSR count). The first-order chi connectivity index (χ1) is 12.8. The highest BCUT2D eigenvalue weighted by molar-refractivity contribution is 9.10. The number of nitrogens with zero attached hydrogens (tertiary/aromatic N) is 2. The summed E-state index contributed by atoms with van der Waals surface area (Å²) in [4.78, 5) is 14.6. The maximum absolute atomic E-state index is 12.4. The number of carbonyl (C=O) groups is 1. The Hall–Kier alpha value is -1.74. The van der Waals surface area contributed by atoms with Crippen LogP contribution >= 0.6 is 15.9 Å². The van der Waals surface area contributed by atoms with E-state index in [2.05, 4.69) is 26.1 Å². The third kappa shape index (κ3) is 5.62. The molecule has 1 aliphatic rings. The van der Waals surface area contributed by atoms with Crippen LogP contribution in [0.2, 0.25) is 0 Å². The molecule has 1 aliphatic heterocycles. The van der Waals surface area contributed by atoms with Crippen molar-refractivity contribution in [2.75, 3.05) is 37.8 Å². The molecule has 1 heterocycles. The van der Waals surface area contributed by atoms with Crippen LogP contribution in [0.1, 0.15) is 15.9 Å². The topological polar surface area (TPSA) is 69.7 Å². The number of rotatable bonds is 5. The minimum absolute atomic E-state index is 0.151. The Morgan fingerprint density at radius 1 is 1.07 bits per heavy atom. The number of sulfonamides is 1. The minimum atomic E-state index is -3.11. The highest BCUT2D eigenvalue weighted by Gasteiger charge is 2.23. The predicted molar refractivity (Wildman–Crippen MR) is 110 cm³/mol. The molecule has 1 amide bonds. The average Bonchev–Trinajstić information content (AvgIpc) is 2.62. The second kappa shape index (κ2) is 8.52. The molecule has 2 aromatic carbocycles. The van der Waals surface area contributed by atoms with Crippen molar-refractivity contribution < 1.29 is 13.2 Å². The number of hydrogen-bond acceptors (Lipinski definition) is 4. The Morgan fingerprint density at radius 2 is 1.74 bits per heavy atom. The first kappa shape index (κ1) is 20.0. The Bertz CT molecular complexity index is 908. The van der Waals surface area contributed by atoms with E-state index in [4.69, 9.17) is 0 Å². The van der Waals surface area contributed by atoms with Crippen molar-refractivity contribution >= 4 is 37.5 Å². The fraction of sp³-hybridized carbons (Fsp3) is 0.316. The van der Waals surface area contributed by atoms with Crippen LogP contribution in [0.3, 0.4) is 0 Å². The van der Waals surface area contributed by atoms with Crippen molar-refractivity contribution in [3.05, 3.63) is 64.1 Å². The minimum Gasteiger partial charge on any atom is -0.322 e. The van der Waals surface area contributed by atoms with Gasteiger partial charge in [-0.1, -0.05) is 34.1 Å². The van der Waals surface area contributed by atoms with Gasteiger partial charge in [-0.05, 0) is 35.9 Å². The normalized spacial score (nSPS) is 16.2. The molecular weight excluding hydrogens is 430 g/mol. The van der Waals surface area contributed by atoms with E-state index in [1.165, 1.54) is 10.6 Å². The number of amides is 1. The number of anilines is 1. The fourth-order valence-electron chi connectivity index (χ4n) is 3.01. The molecule has 0 bridgehead atoms. The Balaban J connectivity index is 1.55. The van der Waals surface area contributed by atoms with Gasteiger partial charge >= 0.3 is 0 Å². The lowest BCUT2D eigenvalue weighted by Crippen LogP contribution is -2.47. The second-order valence-corrected chi connectivity index (χ2v) is 9.50. The van der Waals surface area contributed by atoms with Gasteiger partial charge in [0.1, 0.15) is 0 Å². The van der Waals surface area contributed by atoms with E-state index in [0.717, 1.165) is 22.3 Å². The summed E-state index contributed by atoms with van der Waals surface area (Å²) in [5, 5.41) is 2.88. The summed E-state index contributed by atoms with van der Waals surface area (Å²) in [6.45, 7) is 3.19. The summed E-state index contributed by atoms with van der Waals surface area (Å²) in [5.74, 6) is -0.151. The zero-order chi connectivity index (χ0) is 19.4. The van der Waals surface area contributed by atoms with E-state index >= 15 is 0 Å². The van der Waals surface area contributed by atoms with Gasteiger partial charge in [0.05, 0.1) is 6.26 Å². The van der Waals surface area contributed by atoms with Crippen LogP contribution in [-0.2, 0) is 16.6 Å². The van der Waals surface area contributed by atoms with Crippen LogP contribution in [0.5, 0.6) is 0 Å². The van der Waals surface area contributed by atoms with Crippen LogP contribution in [0.4, 0.5) is 5.69 Å². The van der Waals surface area contributed by atoms with Crippen molar-refractivity contribution in [2.45, 2.75) is 6.54 Å². The summed E-state index contributed by atoms with van der Waals surface area (Å²) in [6.07, 6.45) is 1.25. The van der Waals surface area contributed by atoms with Crippen molar-refractivity contribution in [1.29, 1.82) is 0 Å². The summed E-state index contributed by atoms with van der Waals surface area (Å²) >= 11 is 3.39. The summed E-state index contributed by atoms with van der Waals surface area (Å²) in [6, 6.07) is 15.0. The van der Waals surface area contributed by atoms with E-state index < -0.39 is 10.0 Å². The van der Waals surface area contributed by atoms with Crippen molar-refractivity contribution in [1.82, 2.24) is 9.21 Å². The summed E-state index contributed by atoms with van der Waals surface area (Å²) < 4.78 is 25.6. The number of nitrogens with one attached hydrogen (secondary N) is 1. The SMILES string of the molecule is CS(=O)(=O)N1CCN(Cc2ccc(C(=O)Nc3cccc(Br)c3)cc2)CC1. The van der Waals surface area contributed by atoms with Crippen LogP contribution in [0, 0.1) is 0 Å². The number of piperazine rings is 1. The first-order valence-electron chi connectivity index (χ1n) is 8.64. The Morgan fingerprint density at radius 3 is 2.33 bits per heavy atom. The van der Waals surface area contributed by atoms with E-state index in [9.17, 15) is 13.2 Å². The smallest absolute Gasteiger partial charge is 0.255 e.